The predicted molar refractivity (Wildman–Crippen MR) is 97.3 cm³/mol. The van der Waals surface area contributed by atoms with Crippen LogP contribution in [0.3, 0.4) is 0 Å². The van der Waals surface area contributed by atoms with Crippen LogP contribution in [0.25, 0.3) is 0 Å². The highest BCUT2D eigenvalue weighted by Gasteiger charge is 2.23. The number of nitrogens with two attached hydrogens (primary N) is 1. The van der Waals surface area contributed by atoms with E-state index in [1.807, 2.05) is 6.92 Å². The largest absolute Gasteiger partial charge is 0.375 e. The van der Waals surface area contributed by atoms with Gasteiger partial charge in [0.1, 0.15) is 11.9 Å². The molecule has 0 unspecified atom stereocenters. The Morgan fingerprint density at radius 2 is 2.28 bits per heavy atom. The van der Waals surface area contributed by atoms with Crippen molar-refractivity contribution in [3.63, 3.8) is 0 Å². The van der Waals surface area contributed by atoms with E-state index in [9.17, 15) is 10.1 Å². The van der Waals surface area contributed by atoms with Crippen molar-refractivity contribution in [2.45, 2.75) is 32.2 Å². The van der Waals surface area contributed by atoms with Gasteiger partial charge in [0.2, 0.25) is 5.91 Å². The summed E-state index contributed by atoms with van der Waals surface area (Å²) in [5, 5.41) is 12.8. The van der Waals surface area contributed by atoms with Gasteiger partial charge in [-0.15, -0.1) is 11.3 Å². The highest BCUT2D eigenvalue weighted by molar-refractivity contribution is 7.15. The molecule has 3 N–H and O–H groups in total. The summed E-state index contributed by atoms with van der Waals surface area (Å²) in [5.41, 5.74) is 7.09. The van der Waals surface area contributed by atoms with Gasteiger partial charge in [0.05, 0.1) is 17.7 Å². The molecule has 1 amide bonds. The summed E-state index contributed by atoms with van der Waals surface area (Å²) in [6, 6.07) is 5.87. The Balaban J connectivity index is 1.53. The zero-order valence-electron chi connectivity index (χ0n) is 14.0. The lowest BCUT2D eigenvalue weighted by atomic mass is 10.0. The van der Waals surface area contributed by atoms with Crippen LogP contribution in [0.2, 0.25) is 0 Å². The molecule has 0 saturated carbocycles. The molecule has 7 nitrogen and oxygen atoms in total. The number of hydrogen-bond donors (Lipinski definition) is 2. The van der Waals surface area contributed by atoms with Crippen molar-refractivity contribution in [3.05, 3.63) is 34.5 Å². The molecule has 0 atom stereocenters. The number of piperidine rings is 1. The van der Waals surface area contributed by atoms with Crippen molar-refractivity contribution in [2.75, 3.05) is 23.7 Å². The molecule has 3 rings (SSSR count). The Kier molecular flexibility index (Phi) is 5.14. The van der Waals surface area contributed by atoms with Gasteiger partial charge in [-0.3, -0.25) is 4.79 Å². The summed E-state index contributed by atoms with van der Waals surface area (Å²) in [4.78, 5) is 23.7. The standard InChI is InChI=1S/C17H20N6OS/c1-11-14(25-17(19)21-11)9-15(24)22-13-4-7-23(8-5-13)16-12(10-18)3-2-6-20-16/h2-3,6,13H,4-5,7-9H2,1H3,(H2,19,21)(H,22,24). The molecule has 3 heterocycles. The third-order valence-electron chi connectivity index (χ3n) is 4.30. The smallest absolute Gasteiger partial charge is 0.225 e. The van der Waals surface area contributed by atoms with E-state index in [4.69, 9.17) is 5.73 Å². The van der Waals surface area contributed by atoms with Gasteiger partial charge >= 0.3 is 0 Å². The van der Waals surface area contributed by atoms with Crippen molar-refractivity contribution in [2.24, 2.45) is 0 Å². The maximum atomic E-state index is 12.3. The molecular formula is C17H20N6OS. The number of aryl methyl sites for hydroxylation is 1. The summed E-state index contributed by atoms with van der Waals surface area (Å²) in [6.07, 6.45) is 3.68. The van der Waals surface area contributed by atoms with Gasteiger partial charge in [-0.1, -0.05) is 0 Å². The fourth-order valence-electron chi connectivity index (χ4n) is 3.01. The van der Waals surface area contributed by atoms with Crippen LogP contribution < -0.4 is 16.0 Å². The van der Waals surface area contributed by atoms with Crippen molar-refractivity contribution < 1.29 is 4.79 Å². The molecule has 8 heteroatoms. The average molecular weight is 356 g/mol. The number of thiazole rings is 1. The van der Waals surface area contributed by atoms with E-state index in [1.165, 1.54) is 11.3 Å². The molecule has 1 aliphatic rings. The Hall–Kier alpha value is -2.66. The number of hydrogen-bond acceptors (Lipinski definition) is 7. The maximum Gasteiger partial charge on any atom is 0.225 e. The number of nitriles is 1. The summed E-state index contributed by atoms with van der Waals surface area (Å²) < 4.78 is 0. The molecule has 1 fully saturated rings. The molecule has 0 aliphatic carbocycles. The van der Waals surface area contributed by atoms with E-state index in [0.29, 0.717) is 17.1 Å². The lowest BCUT2D eigenvalue weighted by Crippen LogP contribution is -2.45. The quantitative estimate of drug-likeness (QED) is 0.862. The summed E-state index contributed by atoms with van der Waals surface area (Å²) in [5.74, 6) is 0.728. The molecule has 2 aromatic rings. The summed E-state index contributed by atoms with van der Waals surface area (Å²) in [6.45, 7) is 3.40. The number of nitrogens with one attached hydrogen (secondary N) is 1. The van der Waals surface area contributed by atoms with E-state index >= 15 is 0 Å². The Morgan fingerprint density at radius 1 is 1.52 bits per heavy atom. The highest BCUT2D eigenvalue weighted by Crippen LogP contribution is 2.22. The third kappa shape index (κ3) is 4.06. The third-order valence-corrected chi connectivity index (χ3v) is 5.28. The van der Waals surface area contributed by atoms with E-state index in [2.05, 4.69) is 26.3 Å². The van der Waals surface area contributed by atoms with E-state index < -0.39 is 0 Å². The van der Waals surface area contributed by atoms with E-state index in [-0.39, 0.29) is 11.9 Å². The second-order valence-corrected chi connectivity index (χ2v) is 7.17. The van der Waals surface area contributed by atoms with Gasteiger partial charge in [-0.2, -0.15) is 5.26 Å². The van der Waals surface area contributed by atoms with Crippen molar-refractivity contribution in [3.8, 4) is 6.07 Å². The number of aromatic nitrogens is 2. The maximum absolute atomic E-state index is 12.3. The van der Waals surface area contributed by atoms with Gasteiger partial charge in [0, 0.05) is 30.2 Å². The van der Waals surface area contributed by atoms with Crippen LogP contribution in [0.5, 0.6) is 0 Å². The lowest BCUT2D eigenvalue weighted by molar-refractivity contribution is -0.121. The first-order valence-electron chi connectivity index (χ1n) is 8.18. The Bertz CT molecular complexity index is 804. The first kappa shape index (κ1) is 17.2. The minimum atomic E-state index is 0.000694. The zero-order valence-corrected chi connectivity index (χ0v) is 14.8. The van der Waals surface area contributed by atoms with Crippen molar-refractivity contribution in [1.82, 2.24) is 15.3 Å². The number of carbonyl (C=O) groups is 1. The van der Waals surface area contributed by atoms with Crippen molar-refractivity contribution in [1.29, 1.82) is 5.26 Å². The first-order valence-corrected chi connectivity index (χ1v) is 8.99. The van der Waals surface area contributed by atoms with Gasteiger partial charge in [-0.05, 0) is 31.9 Å². The fraction of sp³-hybridized carbons (Fsp3) is 0.412. The first-order chi connectivity index (χ1) is 12.1. The van der Waals surface area contributed by atoms with Crippen LogP contribution in [0.15, 0.2) is 18.3 Å². The zero-order chi connectivity index (χ0) is 17.8. The normalized spacial score (nSPS) is 15.0. The minimum absolute atomic E-state index is 0.000694. The van der Waals surface area contributed by atoms with Crippen LogP contribution in [-0.2, 0) is 11.2 Å². The molecule has 0 bridgehead atoms. The molecule has 0 aromatic carbocycles. The minimum Gasteiger partial charge on any atom is -0.375 e. The Labute approximate surface area is 150 Å². The topological polar surface area (TPSA) is 108 Å². The molecule has 0 spiro atoms. The number of anilines is 2. The SMILES string of the molecule is Cc1nc(N)sc1CC(=O)NC1CCN(c2ncccc2C#N)CC1. The number of rotatable bonds is 4. The highest BCUT2D eigenvalue weighted by atomic mass is 32.1. The van der Waals surface area contributed by atoms with Gasteiger partial charge in [0.25, 0.3) is 0 Å². The van der Waals surface area contributed by atoms with Crippen LogP contribution in [0.4, 0.5) is 10.9 Å². The molecular weight excluding hydrogens is 336 g/mol. The molecule has 0 radical (unpaired) electrons. The predicted octanol–water partition coefficient (Wildman–Crippen LogP) is 1.63. The van der Waals surface area contributed by atoms with Crippen molar-refractivity contribution >= 4 is 28.2 Å². The Morgan fingerprint density at radius 3 is 2.92 bits per heavy atom. The molecule has 1 saturated heterocycles. The van der Waals surface area contributed by atoms with Gasteiger partial charge in [0.15, 0.2) is 5.13 Å². The number of carbonyl (C=O) groups excluding carboxylic acids is 1. The monoisotopic (exact) mass is 356 g/mol. The van der Waals surface area contributed by atoms with Gasteiger partial charge < -0.3 is 16.0 Å². The number of nitrogen functional groups attached to an aromatic ring is 1. The fourth-order valence-corrected chi connectivity index (χ4v) is 3.84. The molecule has 1 aliphatic heterocycles. The van der Waals surface area contributed by atoms with Crippen LogP contribution in [-0.4, -0.2) is 35.0 Å². The van der Waals surface area contributed by atoms with Crippen LogP contribution in [0, 0.1) is 18.3 Å². The molecule has 130 valence electrons. The average Bonchev–Trinajstić information content (AvgIpc) is 2.92. The number of nitrogens with zero attached hydrogens (tertiary/aromatic N) is 4. The lowest BCUT2D eigenvalue weighted by Gasteiger charge is -2.33. The van der Waals surface area contributed by atoms with E-state index in [1.54, 1.807) is 18.3 Å². The number of pyridine rings is 1. The number of amides is 1. The van der Waals surface area contributed by atoms with Crippen LogP contribution >= 0.6 is 11.3 Å². The van der Waals surface area contributed by atoms with Gasteiger partial charge in [-0.25, -0.2) is 9.97 Å². The second-order valence-electron chi connectivity index (χ2n) is 6.05. The summed E-state index contributed by atoms with van der Waals surface area (Å²) >= 11 is 1.37. The molecule has 25 heavy (non-hydrogen) atoms. The second kappa shape index (κ2) is 7.49. The van der Waals surface area contributed by atoms with Crippen LogP contribution in [0.1, 0.15) is 29.0 Å². The summed E-state index contributed by atoms with van der Waals surface area (Å²) in [7, 11) is 0. The van der Waals surface area contributed by atoms with E-state index in [0.717, 1.165) is 42.3 Å². The molecule has 2 aromatic heterocycles.